The van der Waals surface area contributed by atoms with Crippen molar-refractivity contribution in [2.45, 2.75) is 37.2 Å². The first-order valence-electron chi connectivity index (χ1n) is 9.14. The van der Waals surface area contributed by atoms with Crippen molar-refractivity contribution < 1.29 is 9.53 Å². The van der Waals surface area contributed by atoms with E-state index in [4.69, 9.17) is 26.3 Å². The van der Waals surface area contributed by atoms with Gasteiger partial charge in [0, 0.05) is 37.2 Å². The van der Waals surface area contributed by atoms with Crippen molar-refractivity contribution in [3.63, 3.8) is 0 Å². The van der Waals surface area contributed by atoms with Crippen LogP contribution in [-0.4, -0.2) is 69.6 Å². The minimum Gasteiger partial charge on any atom is -0.378 e. The number of ether oxygens (including phenoxy) is 1. The van der Waals surface area contributed by atoms with E-state index in [1.807, 2.05) is 10.9 Å². The van der Waals surface area contributed by atoms with E-state index in [0.717, 1.165) is 35.1 Å². The number of hydrogen-bond donors (Lipinski definition) is 1. The molecule has 148 valence electrons. The fraction of sp³-hybridized carbons (Fsp3) is 0.647. The van der Waals surface area contributed by atoms with Gasteiger partial charge < -0.3 is 15.0 Å². The van der Waals surface area contributed by atoms with E-state index in [2.05, 4.69) is 29.2 Å². The summed E-state index contributed by atoms with van der Waals surface area (Å²) in [6.07, 6.45) is 2.13. The Labute approximate surface area is 168 Å². The molecular formula is C17H25ClN6O2S. The van der Waals surface area contributed by atoms with Crippen LogP contribution in [0.15, 0.2) is 11.4 Å². The fourth-order valence-electron chi connectivity index (χ4n) is 2.84. The number of halogens is 1. The number of hydrogen-bond acceptors (Lipinski definition) is 7. The maximum absolute atomic E-state index is 11.6. The van der Waals surface area contributed by atoms with Gasteiger partial charge in [-0.3, -0.25) is 4.79 Å². The Hall–Kier alpha value is -1.58. The predicted molar refractivity (Wildman–Crippen MR) is 108 cm³/mol. The number of thioether (sulfide) groups is 1. The van der Waals surface area contributed by atoms with E-state index in [-0.39, 0.29) is 5.91 Å². The topological polar surface area (TPSA) is 85.2 Å². The Morgan fingerprint density at radius 1 is 1.37 bits per heavy atom. The predicted octanol–water partition coefficient (Wildman–Crippen LogP) is 1.91. The zero-order chi connectivity index (χ0) is 19.2. The first-order chi connectivity index (χ1) is 13.1. The number of fused-ring (bicyclic) bond motifs is 1. The van der Waals surface area contributed by atoms with Crippen LogP contribution in [0.1, 0.15) is 20.3 Å². The minimum atomic E-state index is -0.0545. The van der Waals surface area contributed by atoms with Crippen LogP contribution in [0.2, 0.25) is 0 Å². The summed E-state index contributed by atoms with van der Waals surface area (Å²) in [6, 6.07) is 0. The highest BCUT2D eigenvalue weighted by atomic mass is 35.5. The van der Waals surface area contributed by atoms with Crippen molar-refractivity contribution in [1.29, 1.82) is 0 Å². The molecule has 2 aromatic heterocycles. The van der Waals surface area contributed by atoms with Gasteiger partial charge in [-0.05, 0) is 0 Å². The standard InChI is InChI=1S/C17H25ClN6O2S/c1-12(2)27-17-21-15(23-7-9-26-10-8-23)13-11-20-24(16(13)22-17)6-5-19-14(25)3-4-18/h11-12H,3-10H2,1-2H3,(H,19,25). The van der Waals surface area contributed by atoms with Crippen molar-refractivity contribution in [3.8, 4) is 0 Å². The quantitative estimate of drug-likeness (QED) is 0.402. The Balaban J connectivity index is 1.85. The minimum absolute atomic E-state index is 0.0545. The van der Waals surface area contributed by atoms with Crippen LogP contribution in [0.25, 0.3) is 11.0 Å². The van der Waals surface area contributed by atoms with Gasteiger partial charge in [-0.1, -0.05) is 25.6 Å². The number of anilines is 1. The molecule has 1 aliphatic rings. The number of aromatic nitrogens is 4. The van der Waals surface area contributed by atoms with Crippen molar-refractivity contribution >= 4 is 46.1 Å². The number of morpholine rings is 1. The normalized spacial score (nSPS) is 14.9. The zero-order valence-corrected chi connectivity index (χ0v) is 17.2. The van der Waals surface area contributed by atoms with Gasteiger partial charge >= 0.3 is 0 Å². The molecule has 1 amide bonds. The Kier molecular flexibility index (Phi) is 7.14. The third kappa shape index (κ3) is 5.24. The van der Waals surface area contributed by atoms with E-state index in [1.54, 1.807) is 11.8 Å². The van der Waals surface area contributed by atoms with Gasteiger partial charge in [0.1, 0.15) is 5.82 Å². The summed E-state index contributed by atoms with van der Waals surface area (Å²) in [4.78, 5) is 23.3. The Morgan fingerprint density at radius 3 is 2.85 bits per heavy atom. The molecule has 1 saturated heterocycles. The largest absolute Gasteiger partial charge is 0.378 e. The summed E-state index contributed by atoms with van der Waals surface area (Å²) in [6.45, 7) is 8.26. The molecule has 8 nitrogen and oxygen atoms in total. The summed E-state index contributed by atoms with van der Waals surface area (Å²) in [5.74, 6) is 1.17. The van der Waals surface area contributed by atoms with E-state index in [9.17, 15) is 4.79 Å². The van der Waals surface area contributed by atoms with Crippen LogP contribution in [0.4, 0.5) is 5.82 Å². The summed E-state index contributed by atoms with van der Waals surface area (Å²) in [7, 11) is 0. The molecule has 10 heteroatoms. The Bertz CT molecular complexity index is 778. The van der Waals surface area contributed by atoms with Crippen LogP contribution in [0.5, 0.6) is 0 Å². The van der Waals surface area contributed by atoms with Crippen LogP contribution in [0.3, 0.4) is 0 Å². The van der Waals surface area contributed by atoms with E-state index < -0.39 is 0 Å². The average molecular weight is 413 g/mol. The molecule has 3 rings (SSSR count). The molecule has 2 aromatic rings. The molecule has 0 bridgehead atoms. The molecular weight excluding hydrogens is 388 g/mol. The highest BCUT2D eigenvalue weighted by Gasteiger charge is 2.20. The number of nitrogens with zero attached hydrogens (tertiary/aromatic N) is 5. The smallest absolute Gasteiger partial charge is 0.221 e. The number of carbonyl (C=O) groups is 1. The highest BCUT2D eigenvalue weighted by molar-refractivity contribution is 7.99. The second-order valence-corrected chi connectivity index (χ2v) is 8.41. The molecule has 0 aromatic carbocycles. The lowest BCUT2D eigenvalue weighted by atomic mass is 10.3. The fourth-order valence-corrected chi connectivity index (χ4v) is 3.71. The maximum Gasteiger partial charge on any atom is 0.221 e. The van der Waals surface area contributed by atoms with Gasteiger partial charge in [0.05, 0.1) is 31.3 Å². The molecule has 0 saturated carbocycles. The van der Waals surface area contributed by atoms with Gasteiger partial charge in [-0.15, -0.1) is 11.6 Å². The Morgan fingerprint density at radius 2 is 2.15 bits per heavy atom. The SMILES string of the molecule is CC(C)Sc1nc(N2CCOCC2)c2cnn(CCNC(=O)CCCl)c2n1. The molecule has 0 aliphatic carbocycles. The lowest BCUT2D eigenvalue weighted by molar-refractivity contribution is -0.120. The van der Waals surface area contributed by atoms with Gasteiger partial charge in [-0.2, -0.15) is 5.10 Å². The second kappa shape index (κ2) is 9.57. The number of alkyl halides is 1. The average Bonchev–Trinajstić information content (AvgIpc) is 3.04. The summed E-state index contributed by atoms with van der Waals surface area (Å²) in [5.41, 5.74) is 0.793. The molecule has 1 aliphatic heterocycles. The highest BCUT2D eigenvalue weighted by Crippen LogP contribution is 2.29. The lowest BCUT2D eigenvalue weighted by Gasteiger charge is -2.28. The monoisotopic (exact) mass is 412 g/mol. The van der Waals surface area contributed by atoms with Crippen molar-refractivity contribution in [3.05, 3.63) is 6.20 Å². The third-order valence-corrected chi connectivity index (χ3v) is 5.13. The van der Waals surface area contributed by atoms with Crippen LogP contribution in [-0.2, 0) is 16.1 Å². The molecule has 3 heterocycles. The lowest BCUT2D eigenvalue weighted by Crippen LogP contribution is -2.37. The molecule has 0 spiro atoms. The summed E-state index contributed by atoms with van der Waals surface area (Å²) >= 11 is 7.23. The van der Waals surface area contributed by atoms with Crippen LogP contribution >= 0.6 is 23.4 Å². The summed E-state index contributed by atoms with van der Waals surface area (Å²) in [5, 5.41) is 9.39. The van der Waals surface area contributed by atoms with Crippen molar-refractivity contribution in [1.82, 2.24) is 25.1 Å². The van der Waals surface area contributed by atoms with Gasteiger partial charge in [0.25, 0.3) is 0 Å². The summed E-state index contributed by atoms with van der Waals surface area (Å²) < 4.78 is 7.29. The van der Waals surface area contributed by atoms with Crippen LogP contribution in [0, 0.1) is 0 Å². The molecule has 27 heavy (non-hydrogen) atoms. The molecule has 1 N–H and O–H groups in total. The molecule has 0 unspecified atom stereocenters. The zero-order valence-electron chi connectivity index (χ0n) is 15.7. The van der Waals surface area contributed by atoms with Crippen molar-refractivity contribution in [2.24, 2.45) is 0 Å². The maximum atomic E-state index is 11.6. The van der Waals surface area contributed by atoms with Gasteiger partial charge in [0.2, 0.25) is 5.91 Å². The van der Waals surface area contributed by atoms with Crippen LogP contribution < -0.4 is 10.2 Å². The first kappa shape index (κ1) is 20.2. The second-order valence-electron chi connectivity index (χ2n) is 6.49. The number of carbonyl (C=O) groups excluding carboxylic acids is 1. The molecule has 0 atom stereocenters. The third-order valence-electron chi connectivity index (χ3n) is 4.07. The van der Waals surface area contributed by atoms with E-state index in [0.29, 0.717) is 43.9 Å². The molecule has 1 fully saturated rings. The number of nitrogens with one attached hydrogen (secondary N) is 1. The first-order valence-corrected chi connectivity index (χ1v) is 10.6. The van der Waals surface area contributed by atoms with E-state index in [1.165, 1.54) is 0 Å². The van der Waals surface area contributed by atoms with Crippen molar-refractivity contribution in [2.75, 3.05) is 43.6 Å². The molecule has 0 radical (unpaired) electrons. The van der Waals surface area contributed by atoms with Gasteiger partial charge in [-0.25, -0.2) is 14.6 Å². The number of amides is 1. The van der Waals surface area contributed by atoms with E-state index >= 15 is 0 Å². The van der Waals surface area contributed by atoms with Gasteiger partial charge in [0.15, 0.2) is 10.8 Å². The number of rotatable bonds is 8.